The molecular weight excluding hydrogens is 228 g/mol. The van der Waals surface area contributed by atoms with E-state index in [1.54, 1.807) is 0 Å². The molecule has 4 N–H and O–H groups in total. The lowest BCUT2D eigenvalue weighted by Gasteiger charge is -2.25. The molecule has 0 unspecified atom stereocenters. The number of nitrogens with one attached hydrogen (secondary N) is 1. The summed E-state index contributed by atoms with van der Waals surface area (Å²) < 4.78 is 0. The van der Waals surface area contributed by atoms with Crippen LogP contribution >= 0.6 is 0 Å². The smallest absolute Gasteiger partial charge is 0.328 e. The van der Waals surface area contributed by atoms with Gasteiger partial charge < -0.3 is 20.6 Å². The molecule has 98 valence electrons. The number of rotatable bonds is 4. The maximum Gasteiger partial charge on any atom is 0.328 e. The molecule has 1 fully saturated rings. The van der Waals surface area contributed by atoms with Gasteiger partial charge in [0.15, 0.2) is 0 Å². The molecule has 0 aromatic rings. The summed E-state index contributed by atoms with van der Waals surface area (Å²) in [5, 5.41) is 27.4. The second-order valence-corrected chi connectivity index (χ2v) is 3.33. The number of hydrogen-bond donors (Lipinski definition) is 4. The third-order valence-electron chi connectivity index (χ3n) is 1.99. The SMILES string of the molecule is O=C(O)C=CC(=O)O.OCCN1CCNCC1. The number of aliphatic carboxylic acids is 2. The third-order valence-corrected chi connectivity index (χ3v) is 1.99. The number of aliphatic hydroxyl groups excluding tert-OH is 1. The normalized spacial score (nSPS) is 16.3. The van der Waals surface area contributed by atoms with E-state index in [1.807, 2.05) is 0 Å². The van der Waals surface area contributed by atoms with Crippen LogP contribution in [0.3, 0.4) is 0 Å². The van der Waals surface area contributed by atoms with Gasteiger partial charge in [-0.15, -0.1) is 0 Å². The Morgan fingerprint density at radius 2 is 1.59 bits per heavy atom. The summed E-state index contributed by atoms with van der Waals surface area (Å²) in [6.07, 6.45) is 1.12. The summed E-state index contributed by atoms with van der Waals surface area (Å²) in [5.41, 5.74) is 0. The Hall–Kier alpha value is -1.44. The van der Waals surface area contributed by atoms with Crippen molar-refractivity contribution >= 4 is 11.9 Å². The Morgan fingerprint density at radius 3 is 1.94 bits per heavy atom. The Morgan fingerprint density at radius 1 is 1.12 bits per heavy atom. The van der Waals surface area contributed by atoms with E-state index < -0.39 is 11.9 Å². The van der Waals surface area contributed by atoms with E-state index in [2.05, 4.69) is 10.2 Å². The van der Waals surface area contributed by atoms with Gasteiger partial charge in [0.2, 0.25) is 0 Å². The number of piperazine rings is 1. The fourth-order valence-corrected chi connectivity index (χ4v) is 1.22. The topological polar surface area (TPSA) is 110 Å². The Balaban J connectivity index is 0.000000304. The number of carbonyl (C=O) groups is 2. The van der Waals surface area contributed by atoms with Crippen molar-refractivity contribution in [3.05, 3.63) is 12.2 Å². The zero-order valence-electron chi connectivity index (χ0n) is 9.50. The minimum absolute atomic E-state index is 0.292. The van der Waals surface area contributed by atoms with E-state index in [0.717, 1.165) is 32.7 Å². The molecule has 0 aromatic carbocycles. The van der Waals surface area contributed by atoms with Crippen LogP contribution < -0.4 is 5.32 Å². The van der Waals surface area contributed by atoms with Gasteiger partial charge in [-0.25, -0.2) is 9.59 Å². The molecule has 17 heavy (non-hydrogen) atoms. The number of aliphatic hydroxyl groups is 1. The van der Waals surface area contributed by atoms with Crippen molar-refractivity contribution in [1.82, 2.24) is 10.2 Å². The highest BCUT2D eigenvalue weighted by Crippen LogP contribution is 1.88. The standard InChI is InChI=1S/C6H14N2O.C4H4O4/c9-6-5-8-3-1-7-2-4-8;5-3(6)1-2-4(7)8/h7,9H,1-6H2;1-2H,(H,5,6)(H,7,8). The molecular formula is C10H18N2O5. The number of carboxylic acid groups (broad SMARTS) is 2. The first kappa shape index (κ1) is 15.6. The van der Waals surface area contributed by atoms with E-state index >= 15 is 0 Å². The highest BCUT2D eigenvalue weighted by Gasteiger charge is 2.06. The summed E-state index contributed by atoms with van der Waals surface area (Å²) in [6, 6.07) is 0. The van der Waals surface area contributed by atoms with Crippen LogP contribution in [-0.4, -0.2) is 71.5 Å². The summed E-state index contributed by atoms with van der Waals surface area (Å²) in [5.74, 6) is -2.51. The second kappa shape index (κ2) is 9.76. The van der Waals surface area contributed by atoms with Crippen molar-refractivity contribution in [2.45, 2.75) is 0 Å². The lowest BCUT2D eigenvalue weighted by Crippen LogP contribution is -2.44. The first-order valence-corrected chi connectivity index (χ1v) is 5.24. The second-order valence-electron chi connectivity index (χ2n) is 3.33. The molecule has 0 aromatic heterocycles. The van der Waals surface area contributed by atoms with Gasteiger partial charge in [-0.2, -0.15) is 0 Å². The Labute approximate surface area is 99.3 Å². The van der Waals surface area contributed by atoms with Crippen molar-refractivity contribution in [2.24, 2.45) is 0 Å². The fraction of sp³-hybridized carbons (Fsp3) is 0.600. The van der Waals surface area contributed by atoms with Gasteiger partial charge in [0.05, 0.1) is 6.61 Å². The van der Waals surface area contributed by atoms with Gasteiger partial charge in [-0.3, -0.25) is 4.90 Å². The van der Waals surface area contributed by atoms with E-state index in [1.165, 1.54) is 0 Å². The first-order valence-electron chi connectivity index (χ1n) is 5.24. The van der Waals surface area contributed by atoms with Gasteiger partial charge in [0, 0.05) is 44.9 Å². The minimum atomic E-state index is -1.26. The number of hydrogen-bond acceptors (Lipinski definition) is 5. The zero-order valence-corrected chi connectivity index (χ0v) is 9.50. The monoisotopic (exact) mass is 246 g/mol. The van der Waals surface area contributed by atoms with Crippen LogP contribution in [0.15, 0.2) is 12.2 Å². The predicted molar refractivity (Wildman–Crippen MR) is 60.8 cm³/mol. The highest BCUT2D eigenvalue weighted by molar-refractivity contribution is 5.89. The Bertz CT molecular complexity index is 243. The van der Waals surface area contributed by atoms with Crippen molar-refractivity contribution in [1.29, 1.82) is 0 Å². The largest absolute Gasteiger partial charge is 0.478 e. The Kier molecular flexibility index (Phi) is 8.94. The summed E-state index contributed by atoms with van der Waals surface area (Å²) >= 11 is 0. The van der Waals surface area contributed by atoms with E-state index in [0.29, 0.717) is 18.8 Å². The quantitative estimate of drug-likeness (QED) is 0.451. The van der Waals surface area contributed by atoms with E-state index in [4.69, 9.17) is 15.3 Å². The van der Waals surface area contributed by atoms with E-state index in [9.17, 15) is 9.59 Å². The van der Waals surface area contributed by atoms with Gasteiger partial charge in [-0.1, -0.05) is 0 Å². The maximum atomic E-state index is 9.55. The van der Waals surface area contributed by atoms with Crippen LogP contribution in [0.2, 0.25) is 0 Å². The molecule has 7 nitrogen and oxygen atoms in total. The number of β-amino-alcohol motifs (C(OH)–C–C–N with tert-alkyl or cyclic N) is 1. The van der Waals surface area contributed by atoms with Crippen molar-refractivity contribution in [2.75, 3.05) is 39.3 Å². The van der Waals surface area contributed by atoms with Crippen molar-refractivity contribution in [3.63, 3.8) is 0 Å². The first-order chi connectivity index (χ1) is 8.06. The van der Waals surface area contributed by atoms with Gasteiger partial charge in [0.1, 0.15) is 0 Å². The zero-order chi connectivity index (χ0) is 13.1. The summed E-state index contributed by atoms with van der Waals surface area (Å²) in [4.78, 5) is 21.4. The molecule has 1 aliphatic heterocycles. The molecule has 1 aliphatic rings. The molecule has 1 heterocycles. The fourth-order valence-electron chi connectivity index (χ4n) is 1.22. The molecule has 0 saturated carbocycles. The van der Waals surface area contributed by atoms with Crippen LogP contribution in [0.25, 0.3) is 0 Å². The number of carboxylic acids is 2. The minimum Gasteiger partial charge on any atom is -0.478 e. The maximum absolute atomic E-state index is 9.55. The third kappa shape index (κ3) is 10.8. The molecule has 0 spiro atoms. The van der Waals surface area contributed by atoms with E-state index in [-0.39, 0.29) is 0 Å². The molecule has 1 saturated heterocycles. The van der Waals surface area contributed by atoms with Gasteiger partial charge in [0.25, 0.3) is 0 Å². The molecule has 0 aliphatic carbocycles. The predicted octanol–water partition coefficient (Wildman–Crippen LogP) is -1.40. The lowest BCUT2D eigenvalue weighted by atomic mass is 10.4. The van der Waals surface area contributed by atoms with Crippen molar-refractivity contribution < 1.29 is 24.9 Å². The van der Waals surface area contributed by atoms with Gasteiger partial charge in [-0.05, 0) is 0 Å². The van der Waals surface area contributed by atoms with Crippen LogP contribution in [0.1, 0.15) is 0 Å². The average molecular weight is 246 g/mol. The van der Waals surface area contributed by atoms with Crippen LogP contribution in [0, 0.1) is 0 Å². The molecule has 0 amide bonds. The van der Waals surface area contributed by atoms with Crippen LogP contribution in [0.4, 0.5) is 0 Å². The average Bonchev–Trinajstić information content (AvgIpc) is 2.29. The molecule has 1 rings (SSSR count). The molecule has 0 radical (unpaired) electrons. The van der Waals surface area contributed by atoms with Crippen LogP contribution in [-0.2, 0) is 9.59 Å². The molecule has 7 heteroatoms. The lowest BCUT2D eigenvalue weighted by molar-refractivity contribution is -0.134. The summed E-state index contributed by atoms with van der Waals surface area (Å²) in [6.45, 7) is 5.43. The van der Waals surface area contributed by atoms with Gasteiger partial charge >= 0.3 is 11.9 Å². The summed E-state index contributed by atoms with van der Waals surface area (Å²) in [7, 11) is 0. The molecule has 0 bridgehead atoms. The van der Waals surface area contributed by atoms with Crippen LogP contribution in [0.5, 0.6) is 0 Å². The van der Waals surface area contributed by atoms with Crippen molar-refractivity contribution in [3.8, 4) is 0 Å². The highest BCUT2D eigenvalue weighted by atomic mass is 16.4. The molecule has 0 atom stereocenters. The number of nitrogens with zero attached hydrogens (tertiary/aromatic N) is 1.